The molecule has 17 heavy (non-hydrogen) atoms. The van der Waals surface area contributed by atoms with Crippen LogP contribution in [0.1, 0.15) is 32.8 Å². The molecule has 84 valence electrons. The van der Waals surface area contributed by atoms with E-state index in [1.54, 1.807) is 0 Å². The summed E-state index contributed by atoms with van der Waals surface area (Å²) in [6.45, 7) is 4.78. The molecule has 0 nitrogen and oxygen atoms in total. The van der Waals surface area contributed by atoms with Gasteiger partial charge in [-0.1, -0.05) is 0 Å². The number of hydrogen-bond donors (Lipinski definition) is 0. The van der Waals surface area contributed by atoms with Crippen LogP contribution in [0.3, 0.4) is 0 Å². The third-order valence-corrected chi connectivity index (χ3v) is 7.86. The monoisotopic (exact) mass is 330 g/mol. The van der Waals surface area contributed by atoms with Gasteiger partial charge in [0.25, 0.3) is 0 Å². The van der Waals surface area contributed by atoms with E-state index in [1.807, 2.05) is 0 Å². The molecular weight excluding hydrogens is 311 g/mol. The molecule has 0 aliphatic heterocycles. The zero-order valence-corrected chi connectivity index (χ0v) is 13.3. The predicted molar refractivity (Wildman–Crippen MR) is 75.5 cm³/mol. The minimum atomic E-state index is -0.436. The van der Waals surface area contributed by atoms with E-state index in [9.17, 15) is 0 Å². The summed E-state index contributed by atoms with van der Waals surface area (Å²) in [5.74, 6) is 0. The summed E-state index contributed by atoms with van der Waals surface area (Å²) >= 11 is -0.436. The van der Waals surface area contributed by atoms with Crippen LogP contribution in [-0.4, -0.2) is 21.1 Å². The van der Waals surface area contributed by atoms with Crippen molar-refractivity contribution in [2.75, 3.05) is 0 Å². The Balaban J connectivity index is 2.02. The first-order valence-electron chi connectivity index (χ1n) is 6.13. The fraction of sp³-hybridized carbons (Fsp3) is 0.250. The molecule has 2 unspecified atom stereocenters. The maximum absolute atomic E-state index is 2.39. The van der Waals surface area contributed by atoms with Crippen molar-refractivity contribution in [1.29, 1.82) is 0 Å². The van der Waals surface area contributed by atoms with E-state index in [1.165, 1.54) is 11.1 Å². The van der Waals surface area contributed by atoms with Crippen molar-refractivity contribution in [2.24, 2.45) is 0 Å². The van der Waals surface area contributed by atoms with Gasteiger partial charge in [0.05, 0.1) is 0 Å². The Morgan fingerprint density at radius 1 is 0.647 bits per heavy atom. The van der Waals surface area contributed by atoms with E-state index in [0.717, 1.165) is 7.87 Å². The first-order valence-corrected chi connectivity index (χ1v) is 9.43. The van der Waals surface area contributed by atoms with Gasteiger partial charge in [-0.25, -0.2) is 0 Å². The molecule has 0 heterocycles. The van der Waals surface area contributed by atoms with Crippen LogP contribution in [0.15, 0.2) is 60.7 Å². The summed E-state index contributed by atoms with van der Waals surface area (Å²) in [7, 11) is 0. The molecule has 0 amide bonds. The van der Waals surface area contributed by atoms with Crippen LogP contribution in [0.25, 0.3) is 0 Å². The summed E-state index contributed by atoms with van der Waals surface area (Å²) < 4.78 is 1.57. The summed E-state index contributed by atoms with van der Waals surface area (Å²) in [5, 5.41) is 0. The Labute approximate surface area is 114 Å². The van der Waals surface area contributed by atoms with Gasteiger partial charge in [0, 0.05) is 0 Å². The van der Waals surface area contributed by atoms with E-state index in [0.29, 0.717) is 0 Å². The molecule has 1 heteroatoms. The molecule has 0 fully saturated rings. The average molecular weight is 329 g/mol. The van der Waals surface area contributed by atoms with Gasteiger partial charge < -0.3 is 0 Å². The average Bonchev–Trinajstić information content (AvgIpc) is 2.40. The van der Waals surface area contributed by atoms with Crippen LogP contribution in [0.5, 0.6) is 0 Å². The third kappa shape index (κ3) is 3.60. The molecule has 0 N–H and O–H groups in total. The van der Waals surface area contributed by atoms with Crippen LogP contribution in [-0.2, 0) is 0 Å². The Kier molecular flexibility index (Phi) is 4.66. The molecule has 0 aliphatic rings. The molecular formula is C16H18Sn+2. The second-order valence-electron chi connectivity index (χ2n) is 4.43. The van der Waals surface area contributed by atoms with Gasteiger partial charge in [-0.05, 0) is 0 Å². The van der Waals surface area contributed by atoms with Gasteiger partial charge in [0.2, 0.25) is 0 Å². The van der Waals surface area contributed by atoms with Crippen LogP contribution < -0.4 is 0 Å². The van der Waals surface area contributed by atoms with E-state index < -0.39 is 21.1 Å². The van der Waals surface area contributed by atoms with E-state index in [-0.39, 0.29) is 0 Å². The fourth-order valence-electron chi connectivity index (χ4n) is 2.05. The van der Waals surface area contributed by atoms with Crippen molar-refractivity contribution in [3.63, 3.8) is 0 Å². The molecule has 0 saturated carbocycles. The topological polar surface area (TPSA) is 0 Å². The zero-order chi connectivity index (χ0) is 12.1. The second kappa shape index (κ2) is 6.25. The number of rotatable bonds is 4. The summed E-state index contributed by atoms with van der Waals surface area (Å²) in [6.07, 6.45) is 0. The van der Waals surface area contributed by atoms with Gasteiger partial charge in [-0.2, -0.15) is 0 Å². The summed E-state index contributed by atoms with van der Waals surface area (Å²) in [6, 6.07) is 21.9. The minimum absolute atomic E-state index is 0.436. The van der Waals surface area contributed by atoms with Gasteiger partial charge in [0.15, 0.2) is 0 Å². The number of hydrogen-bond acceptors (Lipinski definition) is 0. The van der Waals surface area contributed by atoms with Crippen LogP contribution in [0, 0.1) is 0 Å². The zero-order valence-electron chi connectivity index (χ0n) is 10.4. The van der Waals surface area contributed by atoms with Gasteiger partial charge in [0.1, 0.15) is 0 Å². The number of benzene rings is 2. The van der Waals surface area contributed by atoms with Crippen molar-refractivity contribution in [3.05, 3.63) is 71.8 Å². The summed E-state index contributed by atoms with van der Waals surface area (Å²) in [5.41, 5.74) is 3.03. The Morgan fingerprint density at radius 2 is 1.00 bits per heavy atom. The molecule has 2 rings (SSSR count). The molecule has 0 saturated heterocycles. The first-order chi connectivity index (χ1) is 8.27. The Bertz CT molecular complexity index is 392. The molecule has 0 aliphatic carbocycles. The summed E-state index contributed by atoms with van der Waals surface area (Å²) in [4.78, 5) is 0. The Morgan fingerprint density at radius 3 is 1.35 bits per heavy atom. The van der Waals surface area contributed by atoms with E-state index in [2.05, 4.69) is 74.5 Å². The van der Waals surface area contributed by atoms with Gasteiger partial charge in [-0.3, -0.25) is 0 Å². The van der Waals surface area contributed by atoms with E-state index in [4.69, 9.17) is 0 Å². The van der Waals surface area contributed by atoms with Crippen molar-refractivity contribution < 1.29 is 0 Å². The molecule has 0 aromatic heterocycles. The molecule has 2 atom stereocenters. The normalized spacial score (nSPS) is 13.8. The van der Waals surface area contributed by atoms with Crippen molar-refractivity contribution in [1.82, 2.24) is 0 Å². The second-order valence-corrected chi connectivity index (χ2v) is 10.3. The maximum atomic E-state index is 2.39. The van der Waals surface area contributed by atoms with Crippen LogP contribution in [0.4, 0.5) is 0 Å². The molecule has 0 radical (unpaired) electrons. The molecule has 2 aromatic carbocycles. The van der Waals surface area contributed by atoms with Crippen molar-refractivity contribution in [2.45, 2.75) is 21.7 Å². The fourth-order valence-corrected chi connectivity index (χ4v) is 6.39. The third-order valence-electron chi connectivity index (χ3n) is 3.10. The van der Waals surface area contributed by atoms with E-state index >= 15 is 0 Å². The molecule has 0 bridgehead atoms. The molecule has 2 aromatic rings. The first kappa shape index (κ1) is 12.7. The van der Waals surface area contributed by atoms with Crippen molar-refractivity contribution >= 4 is 21.1 Å². The van der Waals surface area contributed by atoms with Gasteiger partial charge in [-0.15, -0.1) is 0 Å². The van der Waals surface area contributed by atoms with Crippen LogP contribution in [0.2, 0.25) is 0 Å². The Hall–Kier alpha value is -0.761. The SMILES string of the molecule is C[CH]([Sn+2][CH](C)c1ccccc1)c1ccccc1. The quantitative estimate of drug-likeness (QED) is 0.737. The molecule has 0 spiro atoms. The van der Waals surface area contributed by atoms with Crippen LogP contribution >= 0.6 is 0 Å². The predicted octanol–water partition coefficient (Wildman–Crippen LogP) is 4.21. The van der Waals surface area contributed by atoms with Crippen molar-refractivity contribution in [3.8, 4) is 0 Å². The standard InChI is InChI=1S/2C8H9.Sn/c2*1-2-8-6-4-3-5-7-8;/h2*2-7H,1H3;/q;;+2. The van der Waals surface area contributed by atoms with Gasteiger partial charge >= 0.3 is 115 Å².